The number of carbonyl (C=O) groups is 2. The van der Waals surface area contributed by atoms with Crippen molar-refractivity contribution in [2.45, 2.75) is 69.5 Å². The normalized spacial score (nSPS) is 37.3. The highest BCUT2D eigenvalue weighted by Crippen LogP contribution is 2.64. The number of hydrogen-bond acceptors (Lipinski definition) is 3. The Bertz CT molecular complexity index is 957. The van der Waals surface area contributed by atoms with Gasteiger partial charge < -0.3 is 14.7 Å². The third-order valence-corrected chi connectivity index (χ3v) is 8.72. The summed E-state index contributed by atoms with van der Waals surface area (Å²) in [5, 5.41) is 9.39. The minimum atomic E-state index is -1.41. The molecule has 32 heavy (non-hydrogen) atoms. The molecule has 4 bridgehead atoms. The van der Waals surface area contributed by atoms with Gasteiger partial charge in [0.05, 0.1) is 18.7 Å². The van der Waals surface area contributed by atoms with E-state index in [1.807, 2.05) is 0 Å². The van der Waals surface area contributed by atoms with E-state index in [-0.39, 0.29) is 29.9 Å². The van der Waals surface area contributed by atoms with Crippen LogP contribution in [0.15, 0.2) is 12.1 Å². The number of likely N-dealkylation sites (tertiary alicyclic amines) is 1. The molecule has 1 saturated heterocycles. The van der Waals surface area contributed by atoms with Crippen molar-refractivity contribution in [1.82, 2.24) is 4.90 Å². The number of carboxylic acid groups (broad SMARTS) is 1. The van der Waals surface area contributed by atoms with Crippen molar-refractivity contribution < 1.29 is 28.2 Å². The topological polar surface area (TPSA) is 66.8 Å². The van der Waals surface area contributed by atoms with Crippen LogP contribution < -0.4 is 4.74 Å². The average Bonchev–Trinajstić information content (AvgIpc) is 3.39. The fourth-order valence-electron chi connectivity index (χ4n) is 7.41. The largest absolute Gasteiger partial charge is 0.493 e. The van der Waals surface area contributed by atoms with Crippen LogP contribution in [0.2, 0.25) is 0 Å². The molecule has 6 fully saturated rings. The number of rotatable bonds is 6. The van der Waals surface area contributed by atoms with E-state index >= 15 is 4.39 Å². The average molecular weight is 446 g/mol. The van der Waals surface area contributed by atoms with E-state index in [0.29, 0.717) is 17.9 Å². The van der Waals surface area contributed by atoms with E-state index in [4.69, 9.17) is 4.74 Å². The summed E-state index contributed by atoms with van der Waals surface area (Å²) < 4.78 is 35.3. The molecule has 0 spiro atoms. The zero-order valence-electron chi connectivity index (χ0n) is 18.1. The molecule has 5 saturated carbocycles. The molecule has 5 aliphatic carbocycles. The second-order valence-corrected chi connectivity index (χ2v) is 11.0. The molecule has 1 aliphatic heterocycles. The standard InChI is InChI=1S/C25H29F2NO4/c26-17-5-21(24(30)31)28(11-17)23(29)22-19(14-1-2-14)6-18(7-20(22)27)32-12-25-8-13-3-15(9-25)16(4-13)10-25/h6-7,13-17,21H,1-5,8-12H2,(H,30,31)/t13?,15?,16?,17-,21+,25?/m1/s1. The van der Waals surface area contributed by atoms with Crippen molar-refractivity contribution in [2.24, 2.45) is 23.2 Å². The van der Waals surface area contributed by atoms with E-state index < -0.39 is 29.9 Å². The van der Waals surface area contributed by atoms with Gasteiger partial charge in [0.1, 0.15) is 23.8 Å². The number of halogens is 2. The van der Waals surface area contributed by atoms with E-state index in [1.54, 1.807) is 6.07 Å². The van der Waals surface area contributed by atoms with Gasteiger partial charge in [0.2, 0.25) is 0 Å². The lowest BCUT2D eigenvalue weighted by Gasteiger charge is -2.38. The molecular weight excluding hydrogens is 416 g/mol. The van der Waals surface area contributed by atoms with Crippen LogP contribution in [0.3, 0.4) is 0 Å². The van der Waals surface area contributed by atoms with Crippen LogP contribution in [0.4, 0.5) is 8.78 Å². The molecule has 1 aromatic carbocycles. The monoisotopic (exact) mass is 445 g/mol. The summed E-state index contributed by atoms with van der Waals surface area (Å²) >= 11 is 0. The highest BCUT2D eigenvalue weighted by molar-refractivity contribution is 5.99. The summed E-state index contributed by atoms with van der Waals surface area (Å²) in [6.07, 6.45) is 6.37. The summed E-state index contributed by atoms with van der Waals surface area (Å²) in [6, 6.07) is 1.76. The van der Waals surface area contributed by atoms with Crippen LogP contribution >= 0.6 is 0 Å². The summed E-state index contributed by atoms with van der Waals surface area (Å²) in [6.45, 7) is 0.272. The number of ether oxygens (including phenoxy) is 1. The number of hydrogen-bond donors (Lipinski definition) is 1. The zero-order valence-corrected chi connectivity index (χ0v) is 18.1. The maximum atomic E-state index is 15.3. The first-order valence-electron chi connectivity index (χ1n) is 12.0. The highest BCUT2D eigenvalue weighted by atomic mass is 19.1. The van der Waals surface area contributed by atoms with Gasteiger partial charge in [0.25, 0.3) is 5.91 Å². The van der Waals surface area contributed by atoms with Crippen LogP contribution in [0, 0.1) is 29.0 Å². The molecule has 7 rings (SSSR count). The fraction of sp³-hybridized carbons (Fsp3) is 0.680. The maximum absolute atomic E-state index is 15.3. The Morgan fingerprint density at radius 3 is 2.47 bits per heavy atom. The Labute approximate surface area is 186 Å². The van der Waals surface area contributed by atoms with Crippen LogP contribution in [0.25, 0.3) is 0 Å². The summed E-state index contributed by atoms with van der Waals surface area (Å²) in [4.78, 5) is 25.6. The number of carbonyl (C=O) groups excluding carboxylic acids is 1. The van der Waals surface area contributed by atoms with Crippen LogP contribution in [-0.4, -0.2) is 47.2 Å². The van der Waals surface area contributed by atoms with Crippen molar-refractivity contribution in [3.8, 4) is 5.75 Å². The summed E-state index contributed by atoms with van der Waals surface area (Å²) in [5.74, 6) is 0.301. The maximum Gasteiger partial charge on any atom is 0.326 e. The predicted octanol–water partition coefficient (Wildman–Crippen LogP) is 4.55. The molecule has 7 heteroatoms. The number of nitrogens with zero attached hydrogens (tertiary/aromatic N) is 1. The number of amides is 1. The second kappa shape index (κ2) is 7.16. The van der Waals surface area contributed by atoms with E-state index in [1.165, 1.54) is 38.2 Å². The van der Waals surface area contributed by atoms with Gasteiger partial charge >= 0.3 is 5.97 Å². The Kier molecular flexibility index (Phi) is 4.57. The number of carboxylic acids is 1. The molecule has 1 amide bonds. The summed E-state index contributed by atoms with van der Waals surface area (Å²) in [5.41, 5.74) is 0.671. The van der Waals surface area contributed by atoms with Gasteiger partial charge in [-0.3, -0.25) is 4.79 Å². The molecule has 6 aliphatic rings. The Morgan fingerprint density at radius 1 is 1.12 bits per heavy atom. The van der Waals surface area contributed by atoms with Crippen molar-refractivity contribution in [3.05, 3.63) is 29.1 Å². The molecular formula is C25H29F2NO4. The van der Waals surface area contributed by atoms with Crippen molar-refractivity contribution in [3.63, 3.8) is 0 Å². The zero-order chi connectivity index (χ0) is 22.2. The Balaban J connectivity index is 1.25. The molecule has 0 aromatic heterocycles. The Morgan fingerprint density at radius 2 is 1.84 bits per heavy atom. The van der Waals surface area contributed by atoms with Gasteiger partial charge in [-0.1, -0.05) is 0 Å². The first kappa shape index (κ1) is 20.4. The molecule has 172 valence electrons. The van der Waals surface area contributed by atoms with E-state index in [2.05, 4.69) is 0 Å². The third kappa shape index (κ3) is 3.30. The molecule has 0 radical (unpaired) electrons. The number of benzene rings is 1. The molecule has 1 heterocycles. The van der Waals surface area contributed by atoms with Gasteiger partial charge in [0, 0.05) is 17.9 Å². The number of alkyl halides is 1. The van der Waals surface area contributed by atoms with Crippen molar-refractivity contribution >= 4 is 11.9 Å². The molecule has 4 atom stereocenters. The first-order chi connectivity index (χ1) is 15.3. The first-order valence-corrected chi connectivity index (χ1v) is 12.0. The minimum Gasteiger partial charge on any atom is -0.493 e. The predicted molar refractivity (Wildman–Crippen MR) is 112 cm³/mol. The van der Waals surface area contributed by atoms with Crippen molar-refractivity contribution in [1.29, 1.82) is 0 Å². The smallest absolute Gasteiger partial charge is 0.326 e. The third-order valence-electron chi connectivity index (χ3n) is 8.72. The lowest BCUT2D eigenvalue weighted by Crippen LogP contribution is -2.41. The Hall–Kier alpha value is -2.18. The molecule has 2 unspecified atom stereocenters. The number of aliphatic carboxylic acids is 1. The quantitative estimate of drug-likeness (QED) is 0.698. The van der Waals surface area contributed by atoms with E-state index in [9.17, 15) is 19.1 Å². The minimum absolute atomic E-state index is 0.0652. The molecule has 5 nitrogen and oxygen atoms in total. The van der Waals surface area contributed by atoms with Crippen LogP contribution in [0.1, 0.15) is 73.2 Å². The summed E-state index contributed by atoms with van der Waals surface area (Å²) in [7, 11) is 0. The van der Waals surface area contributed by atoms with Gasteiger partial charge in [0.15, 0.2) is 0 Å². The lowest BCUT2D eigenvalue weighted by atomic mass is 9.70. The highest BCUT2D eigenvalue weighted by Gasteiger charge is 2.56. The lowest BCUT2D eigenvalue weighted by molar-refractivity contribution is -0.141. The van der Waals surface area contributed by atoms with Gasteiger partial charge in [-0.05, 0) is 80.2 Å². The van der Waals surface area contributed by atoms with Crippen molar-refractivity contribution in [2.75, 3.05) is 13.2 Å². The van der Waals surface area contributed by atoms with Crippen LogP contribution in [0.5, 0.6) is 5.75 Å². The van der Waals surface area contributed by atoms with Gasteiger partial charge in [-0.25, -0.2) is 13.6 Å². The fourth-order valence-corrected chi connectivity index (χ4v) is 7.41. The van der Waals surface area contributed by atoms with E-state index in [0.717, 1.165) is 35.5 Å². The van der Waals surface area contributed by atoms with Gasteiger partial charge in [-0.15, -0.1) is 0 Å². The SMILES string of the molecule is O=C(O)[C@@H]1C[C@@H](F)CN1C(=O)c1c(F)cc(OCC23CC4CC(C2)C(C4)C3)cc1C1CC1. The molecule has 1 aromatic rings. The van der Waals surface area contributed by atoms with Gasteiger partial charge in [-0.2, -0.15) is 0 Å². The van der Waals surface area contributed by atoms with Crippen LogP contribution in [-0.2, 0) is 4.79 Å². The molecule has 1 N–H and O–H groups in total. The second-order valence-electron chi connectivity index (χ2n) is 11.0.